The van der Waals surface area contributed by atoms with Crippen LogP contribution in [0.4, 0.5) is 11.4 Å². The van der Waals surface area contributed by atoms with E-state index in [9.17, 15) is 0 Å². The van der Waals surface area contributed by atoms with E-state index in [0.717, 1.165) is 11.4 Å². The Morgan fingerprint density at radius 2 is 2.29 bits per heavy atom. The van der Waals surface area contributed by atoms with Gasteiger partial charge in [0.15, 0.2) is 5.82 Å². The van der Waals surface area contributed by atoms with E-state index >= 15 is 0 Å². The number of aromatic nitrogens is 4. The standard InChI is InChI=1S/C10H14N6O/c1-2-17-9-4-7(11)3-8(5-9)12-6-10-13-15-16-14-10/h3-5,12H,2,6,11H2,1H3,(H,13,14,15,16). The van der Waals surface area contributed by atoms with Crippen molar-refractivity contribution in [3.63, 3.8) is 0 Å². The second-order valence-corrected chi connectivity index (χ2v) is 3.41. The van der Waals surface area contributed by atoms with Gasteiger partial charge >= 0.3 is 0 Å². The molecule has 0 bridgehead atoms. The van der Waals surface area contributed by atoms with E-state index in [4.69, 9.17) is 10.5 Å². The minimum Gasteiger partial charge on any atom is -0.494 e. The molecule has 1 heterocycles. The molecule has 0 fully saturated rings. The highest BCUT2D eigenvalue weighted by molar-refractivity contribution is 5.59. The highest BCUT2D eigenvalue weighted by Crippen LogP contribution is 2.22. The van der Waals surface area contributed by atoms with Gasteiger partial charge in [-0.1, -0.05) is 5.21 Å². The molecule has 1 aromatic heterocycles. The highest BCUT2D eigenvalue weighted by Gasteiger charge is 2.01. The Bertz CT molecular complexity index is 470. The van der Waals surface area contributed by atoms with Crippen molar-refractivity contribution in [1.29, 1.82) is 0 Å². The molecule has 90 valence electrons. The van der Waals surface area contributed by atoms with E-state index in [1.807, 2.05) is 19.1 Å². The first-order chi connectivity index (χ1) is 8.28. The summed E-state index contributed by atoms with van der Waals surface area (Å²) in [7, 11) is 0. The largest absolute Gasteiger partial charge is 0.494 e. The Morgan fingerprint density at radius 3 is 3.00 bits per heavy atom. The monoisotopic (exact) mass is 234 g/mol. The van der Waals surface area contributed by atoms with Gasteiger partial charge in [0.2, 0.25) is 0 Å². The number of tetrazole rings is 1. The van der Waals surface area contributed by atoms with Crippen LogP contribution in [0.3, 0.4) is 0 Å². The first-order valence-corrected chi connectivity index (χ1v) is 5.27. The molecule has 17 heavy (non-hydrogen) atoms. The molecule has 0 amide bonds. The topological polar surface area (TPSA) is 102 Å². The van der Waals surface area contributed by atoms with Crippen molar-refractivity contribution in [2.75, 3.05) is 17.7 Å². The van der Waals surface area contributed by atoms with Crippen LogP contribution in [0.2, 0.25) is 0 Å². The van der Waals surface area contributed by atoms with Gasteiger partial charge in [-0.25, -0.2) is 0 Å². The molecule has 0 spiro atoms. The molecule has 2 rings (SSSR count). The molecule has 7 heteroatoms. The zero-order valence-corrected chi connectivity index (χ0v) is 9.47. The molecule has 0 aliphatic rings. The SMILES string of the molecule is CCOc1cc(N)cc(NCc2nn[nH]n2)c1. The fourth-order valence-electron chi connectivity index (χ4n) is 1.41. The summed E-state index contributed by atoms with van der Waals surface area (Å²) < 4.78 is 5.39. The van der Waals surface area contributed by atoms with Crippen molar-refractivity contribution < 1.29 is 4.74 Å². The van der Waals surface area contributed by atoms with Crippen LogP contribution in [-0.2, 0) is 6.54 Å². The maximum atomic E-state index is 5.77. The van der Waals surface area contributed by atoms with Gasteiger partial charge in [-0.15, -0.1) is 10.2 Å². The third kappa shape index (κ3) is 3.07. The van der Waals surface area contributed by atoms with Gasteiger partial charge in [-0.3, -0.25) is 0 Å². The number of nitrogen functional groups attached to an aromatic ring is 1. The molecule has 0 atom stereocenters. The van der Waals surface area contributed by atoms with E-state index in [2.05, 4.69) is 25.9 Å². The van der Waals surface area contributed by atoms with E-state index in [1.54, 1.807) is 6.07 Å². The number of nitrogens with zero attached hydrogens (tertiary/aromatic N) is 3. The lowest BCUT2D eigenvalue weighted by atomic mass is 10.2. The van der Waals surface area contributed by atoms with Crippen molar-refractivity contribution in [3.8, 4) is 5.75 Å². The Kier molecular flexibility index (Phi) is 3.39. The predicted molar refractivity (Wildman–Crippen MR) is 63.5 cm³/mol. The van der Waals surface area contributed by atoms with Gasteiger partial charge in [0.25, 0.3) is 0 Å². The van der Waals surface area contributed by atoms with Crippen molar-refractivity contribution in [3.05, 3.63) is 24.0 Å². The lowest BCUT2D eigenvalue weighted by Gasteiger charge is -2.09. The third-order valence-corrected chi connectivity index (χ3v) is 2.08. The molecule has 4 N–H and O–H groups in total. The molecular weight excluding hydrogens is 220 g/mol. The van der Waals surface area contributed by atoms with Crippen LogP contribution in [0.25, 0.3) is 0 Å². The first kappa shape index (κ1) is 11.2. The average molecular weight is 234 g/mol. The van der Waals surface area contributed by atoms with Crippen LogP contribution < -0.4 is 15.8 Å². The summed E-state index contributed by atoms with van der Waals surface area (Å²) in [6.45, 7) is 3.01. The molecule has 0 aliphatic carbocycles. The number of hydrogen-bond acceptors (Lipinski definition) is 6. The fraction of sp³-hybridized carbons (Fsp3) is 0.300. The van der Waals surface area contributed by atoms with E-state index in [1.165, 1.54) is 0 Å². The Hall–Kier alpha value is -2.31. The van der Waals surface area contributed by atoms with Crippen LogP contribution >= 0.6 is 0 Å². The number of rotatable bonds is 5. The number of ether oxygens (including phenoxy) is 1. The van der Waals surface area contributed by atoms with Gasteiger partial charge < -0.3 is 15.8 Å². The summed E-state index contributed by atoms with van der Waals surface area (Å²) in [5, 5.41) is 16.7. The summed E-state index contributed by atoms with van der Waals surface area (Å²) >= 11 is 0. The first-order valence-electron chi connectivity index (χ1n) is 5.27. The molecular formula is C10H14N6O. The van der Waals surface area contributed by atoms with Gasteiger partial charge in [-0.05, 0) is 13.0 Å². The molecule has 0 saturated carbocycles. The third-order valence-electron chi connectivity index (χ3n) is 2.08. The predicted octanol–water partition coefficient (Wildman–Crippen LogP) is 0.793. The van der Waals surface area contributed by atoms with Crippen molar-refractivity contribution in [1.82, 2.24) is 20.6 Å². The molecule has 7 nitrogen and oxygen atoms in total. The smallest absolute Gasteiger partial charge is 0.193 e. The number of nitrogens with one attached hydrogen (secondary N) is 2. The summed E-state index contributed by atoms with van der Waals surface area (Å²) in [6, 6.07) is 5.48. The second-order valence-electron chi connectivity index (χ2n) is 3.41. The minimum atomic E-state index is 0.478. The van der Waals surface area contributed by atoms with Crippen molar-refractivity contribution in [2.24, 2.45) is 0 Å². The maximum Gasteiger partial charge on any atom is 0.193 e. The molecule has 0 saturated heterocycles. The Labute approximate surface area is 98.4 Å². The summed E-state index contributed by atoms with van der Waals surface area (Å²) in [5.41, 5.74) is 7.27. The van der Waals surface area contributed by atoms with Gasteiger partial charge in [0, 0.05) is 23.5 Å². The summed E-state index contributed by atoms with van der Waals surface area (Å²) in [4.78, 5) is 0. The van der Waals surface area contributed by atoms with Gasteiger partial charge in [-0.2, -0.15) is 5.21 Å². The fourth-order valence-corrected chi connectivity index (χ4v) is 1.41. The quantitative estimate of drug-likeness (QED) is 0.661. The number of anilines is 2. The average Bonchev–Trinajstić information content (AvgIpc) is 2.79. The lowest BCUT2D eigenvalue weighted by Crippen LogP contribution is -2.03. The lowest BCUT2D eigenvalue weighted by molar-refractivity contribution is 0.340. The van der Waals surface area contributed by atoms with Gasteiger partial charge in [0.1, 0.15) is 5.75 Å². The molecule has 2 aromatic rings. The van der Waals surface area contributed by atoms with E-state index in [-0.39, 0.29) is 0 Å². The van der Waals surface area contributed by atoms with E-state index < -0.39 is 0 Å². The highest BCUT2D eigenvalue weighted by atomic mass is 16.5. The molecule has 0 unspecified atom stereocenters. The Morgan fingerprint density at radius 1 is 1.41 bits per heavy atom. The second kappa shape index (κ2) is 5.15. The van der Waals surface area contributed by atoms with Crippen molar-refractivity contribution >= 4 is 11.4 Å². The van der Waals surface area contributed by atoms with Crippen LogP contribution in [-0.4, -0.2) is 27.2 Å². The zero-order valence-electron chi connectivity index (χ0n) is 9.47. The number of nitrogens with two attached hydrogens (primary N) is 1. The summed E-state index contributed by atoms with van der Waals surface area (Å²) in [5.74, 6) is 1.33. The number of H-pyrrole nitrogens is 1. The van der Waals surface area contributed by atoms with E-state index in [0.29, 0.717) is 24.7 Å². The van der Waals surface area contributed by atoms with Crippen LogP contribution in [0.1, 0.15) is 12.7 Å². The molecule has 0 aliphatic heterocycles. The molecule has 0 radical (unpaired) electrons. The summed E-state index contributed by atoms with van der Waals surface area (Å²) in [6.07, 6.45) is 0. The number of hydrogen-bond donors (Lipinski definition) is 3. The van der Waals surface area contributed by atoms with Crippen LogP contribution in [0.15, 0.2) is 18.2 Å². The number of benzene rings is 1. The Balaban J connectivity index is 2.04. The van der Waals surface area contributed by atoms with Crippen LogP contribution in [0, 0.1) is 0 Å². The van der Waals surface area contributed by atoms with Crippen LogP contribution in [0.5, 0.6) is 5.75 Å². The zero-order chi connectivity index (χ0) is 12.1. The number of aromatic amines is 1. The molecule has 1 aromatic carbocycles. The van der Waals surface area contributed by atoms with Gasteiger partial charge in [0.05, 0.1) is 13.2 Å². The normalized spacial score (nSPS) is 10.2. The maximum absolute atomic E-state index is 5.77. The van der Waals surface area contributed by atoms with Crippen molar-refractivity contribution in [2.45, 2.75) is 13.5 Å². The minimum absolute atomic E-state index is 0.478.